The van der Waals surface area contributed by atoms with Crippen LogP contribution in [0.2, 0.25) is 0 Å². The zero-order valence-electron chi connectivity index (χ0n) is 13.0. The summed E-state index contributed by atoms with van der Waals surface area (Å²) < 4.78 is 25.9. The molecule has 1 aliphatic rings. The number of nitrogen functional groups attached to an aromatic ring is 1. The minimum Gasteiger partial charge on any atom is -0.398 e. The number of piperidine rings is 1. The molecule has 0 unspecified atom stereocenters. The Morgan fingerprint density at radius 2 is 1.90 bits per heavy atom. The quantitative estimate of drug-likeness (QED) is 0.835. The van der Waals surface area contributed by atoms with Crippen LogP contribution >= 0.6 is 0 Å². The van der Waals surface area contributed by atoms with Crippen molar-refractivity contribution >= 4 is 21.4 Å². The lowest BCUT2D eigenvalue weighted by Crippen LogP contribution is -2.35. The summed E-state index contributed by atoms with van der Waals surface area (Å²) in [5.74, 6) is 1.50. The number of nitrogens with two attached hydrogens (primary N) is 1. The third-order valence-electron chi connectivity index (χ3n) is 4.40. The molecule has 3 N–H and O–H groups in total. The first-order valence-electron chi connectivity index (χ1n) is 7.43. The van der Waals surface area contributed by atoms with Crippen LogP contribution in [0, 0.1) is 11.8 Å². The van der Waals surface area contributed by atoms with Gasteiger partial charge in [-0.25, -0.2) is 13.1 Å². The van der Waals surface area contributed by atoms with E-state index in [0.29, 0.717) is 5.69 Å². The van der Waals surface area contributed by atoms with Gasteiger partial charge in [0.05, 0.1) is 5.69 Å². The Morgan fingerprint density at radius 3 is 2.38 bits per heavy atom. The average Bonchev–Trinajstić information content (AvgIpc) is 2.47. The van der Waals surface area contributed by atoms with E-state index < -0.39 is 10.0 Å². The number of nitrogens with zero attached hydrogens (tertiary/aromatic N) is 1. The molecule has 0 radical (unpaired) electrons. The number of hydrogen-bond donors (Lipinski definition) is 2. The Balaban J connectivity index is 2.15. The van der Waals surface area contributed by atoms with E-state index >= 15 is 0 Å². The van der Waals surface area contributed by atoms with Crippen LogP contribution in [0.15, 0.2) is 23.1 Å². The van der Waals surface area contributed by atoms with E-state index in [2.05, 4.69) is 23.5 Å². The van der Waals surface area contributed by atoms with Gasteiger partial charge in [0.2, 0.25) is 10.0 Å². The summed E-state index contributed by atoms with van der Waals surface area (Å²) in [6.07, 6.45) is 2.35. The summed E-state index contributed by atoms with van der Waals surface area (Å²) in [7, 11) is -2.10. The molecule has 1 aromatic carbocycles. The van der Waals surface area contributed by atoms with E-state index in [1.165, 1.54) is 19.9 Å². The van der Waals surface area contributed by atoms with E-state index in [9.17, 15) is 8.42 Å². The lowest BCUT2D eigenvalue weighted by atomic mass is 9.86. The lowest BCUT2D eigenvalue weighted by Gasteiger charge is -2.35. The topological polar surface area (TPSA) is 75.4 Å². The first kappa shape index (κ1) is 16.1. The molecule has 21 heavy (non-hydrogen) atoms. The Bertz CT molecular complexity index is 591. The summed E-state index contributed by atoms with van der Waals surface area (Å²) in [6.45, 7) is 6.55. The van der Waals surface area contributed by atoms with Gasteiger partial charge in [-0.1, -0.05) is 13.8 Å². The Morgan fingerprint density at radius 1 is 1.29 bits per heavy atom. The third-order valence-corrected chi connectivity index (χ3v) is 5.89. The van der Waals surface area contributed by atoms with Crippen LogP contribution in [0.25, 0.3) is 0 Å². The molecule has 0 atom stereocenters. The number of sulfonamides is 1. The average molecular weight is 311 g/mol. The molecule has 0 aromatic heterocycles. The van der Waals surface area contributed by atoms with E-state index in [-0.39, 0.29) is 4.90 Å². The first-order valence-corrected chi connectivity index (χ1v) is 8.91. The highest BCUT2D eigenvalue weighted by atomic mass is 32.2. The van der Waals surface area contributed by atoms with Crippen LogP contribution in [0.3, 0.4) is 0 Å². The molecule has 1 fully saturated rings. The predicted octanol–water partition coefficient (Wildman–Crippen LogP) is 2.05. The predicted molar refractivity (Wildman–Crippen MR) is 86.9 cm³/mol. The van der Waals surface area contributed by atoms with Gasteiger partial charge in [-0.05, 0) is 49.9 Å². The minimum atomic E-state index is -3.49. The number of anilines is 2. The van der Waals surface area contributed by atoms with Gasteiger partial charge in [-0.3, -0.25) is 0 Å². The van der Waals surface area contributed by atoms with Crippen molar-refractivity contribution in [2.24, 2.45) is 11.8 Å². The zero-order valence-corrected chi connectivity index (χ0v) is 13.8. The summed E-state index contributed by atoms with van der Waals surface area (Å²) in [5, 5.41) is 0. The lowest BCUT2D eigenvalue weighted by molar-refractivity contribution is 0.311. The summed E-state index contributed by atoms with van der Waals surface area (Å²) >= 11 is 0. The van der Waals surface area contributed by atoms with Crippen LogP contribution in [0.5, 0.6) is 0 Å². The van der Waals surface area contributed by atoms with Gasteiger partial charge in [0.1, 0.15) is 4.90 Å². The largest absolute Gasteiger partial charge is 0.398 e. The monoisotopic (exact) mass is 311 g/mol. The number of benzene rings is 1. The van der Waals surface area contributed by atoms with Gasteiger partial charge in [0.15, 0.2) is 0 Å². The third kappa shape index (κ3) is 3.49. The highest BCUT2D eigenvalue weighted by Crippen LogP contribution is 2.30. The van der Waals surface area contributed by atoms with Crippen molar-refractivity contribution < 1.29 is 8.42 Å². The molecule has 1 saturated heterocycles. The number of hydrogen-bond acceptors (Lipinski definition) is 4. The number of nitrogens with one attached hydrogen (secondary N) is 1. The van der Waals surface area contributed by atoms with Crippen molar-refractivity contribution in [2.45, 2.75) is 31.6 Å². The van der Waals surface area contributed by atoms with Crippen molar-refractivity contribution in [3.8, 4) is 0 Å². The summed E-state index contributed by atoms with van der Waals surface area (Å²) in [6, 6.07) is 5.20. The molecule has 1 heterocycles. The second kappa shape index (κ2) is 6.23. The standard InChI is InChI=1S/C15H25N3O2S/c1-11(2)12-6-8-18(9-7-12)13-4-5-15(14(16)10-13)21(19,20)17-3/h4-5,10-12,17H,6-9,16H2,1-3H3. The minimum absolute atomic E-state index is 0.144. The highest BCUT2D eigenvalue weighted by Gasteiger charge is 2.23. The van der Waals surface area contributed by atoms with Gasteiger partial charge >= 0.3 is 0 Å². The Labute approximate surface area is 127 Å². The van der Waals surface area contributed by atoms with Crippen LogP contribution in [0.4, 0.5) is 11.4 Å². The SMILES string of the molecule is CNS(=O)(=O)c1ccc(N2CCC(C(C)C)CC2)cc1N. The van der Waals surface area contributed by atoms with Crippen molar-refractivity contribution in [3.05, 3.63) is 18.2 Å². The molecule has 2 rings (SSSR count). The van der Waals surface area contributed by atoms with Gasteiger partial charge in [0, 0.05) is 18.8 Å². The van der Waals surface area contributed by atoms with E-state index in [1.54, 1.807) is 12.1 Å². The van der Waals surface area contributed by atoms with Gasteiger partial charge in [-0.15, -0.1) is 0 Å². The first-order chi connectivity index (χ1) is 9.85. The molecule has 5 nitrogen and oxygen atoms in total. The summed E-state index contributed by atoms with van der Waals surface area (Å²) in [5.41, 5.74) is 7.22. The van der Waals surface area contributed by atoms with E-state index in [1.807, 2.05) is 6.07 Å². The van der Waals surface area contributed by atoms with Crippen LogP contribution in [-0.4, -0.2) is 28.6 Å². The molecule has 1 aromatic rings. The second-order valence-electron chi connectivity index (χ2n) is 6.00. The molecular formula is C15H25N3O2S. The zero-order chi connectivity index (χ0) is 15.6. The van der Waals surface area contributed by atoms with E-state index in [4.69, 9.17) is 5.73 Å². The molecule has 6 heteroatoms. The molecule has 118 valence electrons. The maximum Gasteiger partial charge on any atom is 0.242 e. The van der Waals surface area contributed by atoms with Crippen molar-refractivity contribution in [1.29, 1.82) is 0 Å². The van der Waals surface area contributed by atoms with Crippen molar-refractivity contribution in [2.75, 3.05) is 30.8 Å². The second-order valence-corrected chi connectivity index (χ2v) is 7.85. The smallest absolute Gasteiger partial charge is 0.242 e. The Hall–Kier alpha value is -1.27. The maximum atomic E-state index is 11.8. The summed E-state index contributed by atoms with van der Waals surface area (Å²) in [4.78, 5) is 2.43. The molecule has 0 aliphatic carbocycles. The van der Waals surface area contributed by atoms with E-state index in [0.717, 1.165) is 30.6 Å². The Kier molecular flexibility index (Phi) is 4.78. The van der Waals surface area contributed by atoms with Crippen LogP contribution < -0.4 is 15.4 Å². The molecular weight excluding hydrogens is 286 g/mol. The molecule has 1 aliphatic heterocycles. The maximum absolute atomic E-state index is 11.8. The fourth-order valence-electron chi connectivity index (χ4n) is 2.91. The molecule has 0 saturated carbocycles. The van der Waals surface area contributed by atoms with Gasteiger partial charge < -0.3 is 10.6 Å². The fraction of sp³-hybridized carbons (Fsp3) is 0.600. The van der Waals surface area contributed by atoms with Crippen LogP contribution in [-0.2, 0) is 10.0 Å². The van der Waals surface area contributed by atoms with Gasteiger partial charge in [-0.2, -0.15) is 0 Å². The normalized spacial score (nSPS) is 17.4. The van der Waals surface area contributed by atoms with Crippen molar-refractivity contribution in [1.82, 2.24) is 4.72 Å². The fourth-order valence-corrected chi connectivity index (χ4v) is 3.75. The van der Waals surface area contributed by atoms with Crippen molar-refractivity contribution in [3.63, 3.8) is 0 Å². The number of rotatable bonds is 4. The van der Waals surface area contributed by atoms with Crippen LogP contribution in [0.1, 0.15) is 26.7 Å². The molecule has 0 amide bonds. The molecule has 0 spiro atoms. The highest BCUT2D eigenvalue weighted by molar-refractivity contribution is 7.89. The molecule has 0 bridgehead atoms. The van der Waals surface area contributed by atoms with Gasteiger partial charge in [0.25, 0.3) is 0 Å².